The van der Waals surface area contributed by atoms with E-state index in [1.54, 1.807) is 12.1 Å². The number of amidine groups is 1. The van der Waals surface area contributed by atoms with E-state index in [2.05, 4.69) is 15.2 Å². The molecule has 0 aliphatic carbocycles. The Bertz CT molecular complexity index is 744. The lowest BCUT2D eigenvalue weighted by Crippen LogP contribution is -2.47. The molecular weight excluding hydrogens is 311 g/mol. The van der Waals surface area contributed by atoms with Crippen molar-refractivity contribution >= 4 is 17.2 Å². The monoisotopic (exact) mass is 332 g/mol. The Morgan fingerprint density at radius 2 is 1.88 bits per heavy atom. The normalized spacial score (nSPS) is 15.9. The molecule has 0 spiro atoms. The van der Waals surface area contributed by atoms with Crippen molar-refractivity contribution in [1.29, 1.82) is 0 Å². The highest BCUT2D eigenvalue weighted by Gasteiger charge is 2.24. The first kappa shape index (κ1) is 16.1. The van der Waals surface area contributed by atoms with Gasteiger partial charge in [0.25, 0.3) is 0 Å². The van der Waals surface area contributed by atoms with Crippen LogP contribution in [0.5, 0.6) is 0 Å². The minimum atomic E-state index is -0.283. The summed E-state index contributed by atoms with van der Waals surface area (Å²) in [5.74, 6) is 5.91. The zero-order valence-corrected chi connectivity index (χ0v) is 13.8. The molecule has 0 bridgehead atoms. The molecule has 4 N–H and O–H groups in total. The molecule has 2 heterocycles. The van der Waals surface area contributed by atoms with Gasteiger partial charge in [-0.05, 0) is 32.0 Å². The number of benzene rings is 1. The highest BCUT2D eigenvalue weighted by atomic mass is 19.1. The maximum atomic E-state index is 14.2. The van der Waals surface area contributed by atoms with Crippen molar-refractivity contribution in [2.45, 2.75) is 13.8 Å². The third-order valence-corrected chi connectivity index (χ3v) is 4.31. The van der Waals surface area contributed by atoms with Gasteiger partial charge in [-0.3, -0.25) is 0 Å². The number of anilines is 2. The Kier molecular flexibility index (Phi) is 4.28. The van der Waals surface area contributed by atoms with Crippen LogP contribution in [0.25, 0.3) is 0 Å². The summed E-state index contributed by atoms with van der Waals surface area (Å²) < 4.78 is 19.5. The minimum absolute atomic E-state index is 0.186. The van der Waals surface area contributed by atoms with E-state index >= 15 is 0 Å². The van der Waals surface area contributed by atoms with Gasteiger partial charge >= 0.3 is 0 Å². The summed E-state index contributed by atoms with van der Waals surface area (Å²) in [6.07, 6.45) is 0. The van der Waals surface area contributed by atoms with Crippen LogP contribution in [0.1, 0.15) is 17.0 Å². The molecule has 0 saturated carbocycles. The SMILES string of the molecule is Cc1noc(C)c1N1CCN(c2cc(/C(N)=N/N)ccc2F)CC1. The zero-order valence-electron chi connectivity index (χ0n) is 13.8. The first-order valence-electron chi connectivity index (χ1n) is 7.77. The number of aryl methyl sites for hydroxylation is 2. The molecule has 128 valence electrons. The summed E-state index contributed by atoms with van der Waals surface area (Å²) in [6.45, 7) is 6.71. The Labute approximate surface area is 139 Å². The van der Waals surface area contributed by atoms with Crippen molar-refractivity contribution < 1.29 is 8.91 Å². The van der Waals surface area contributed by atoms with E-state index in [0.29, 0.717) is 24.3 Å². The van der Waals surface area contributed by atoms with E-state index in [1.165, 1.54) is 6.07 Å². The molecule has 1 saturated heterocycles. The van der Waals surface area contributed by atoms with Crippen molar-refractivity contribution in [3.05, 3.63) is 41.0 Å². The third kappa shape index (κ3) is 2.86. The lowest BCUT2D eigenvalue weighted by Gasteiger charge is -2.37. The van der Waals surface area contributed by atoms with Crippen molar-refractivity contribution in [2.24, 2.45) is 16.7 Å². The molecule has 3 rings (SSSR count). The number of nitrogens with two attached hydrogens (primary N) is 2. The molecule has 1 aliphatic heterocycles. The van der Waals surface area contributed by atoms with Gasteiger partial charge in [0.2, 0.25) is 0 Å². The second-order valence-corrected chi connectivity index (χ2v) is 5.83. The van der Waals surface area contributed by atoms with Crippen LogP contribution < -0.4 is 21.4 Å². The smallest absolute Gasteiger partial charge is 0.157 e. The van der Waals surface area contributed by atoms with E-state index in [0.717, 1.165) is 30.2 Å². The first-order valence-corrected chi connectivity index (χ1v) is 7.77. The predicted octanol–water partition coefficient (Wildman–Crippen LogP) is 1.34. The molecule has 0 atom stereocenters. The molecule has 24 heavy (non-hydrogen) atoms. The van der Waals surface area contributed by atoms with Gasteiger partial charge in [0, 0.05) is 31.7 Å². The van der Waals surface area contributed by atoms with Crippen molar-refractivity contribution in [1.82, 2.24) is 5.16 Å². The van der Waals surface area contributed by atoms with Gasteiger partial charge in [-0.25, -0.2) is 4.39 Å². The van der Waals surface area contributed by atoms with Crippen LogP contribution in [0.4, 0.5) is 15.8 Å². The van der Waals surface area contributed by atoms with Gasteiger partial charge in [-0.1, -0.05) is 5.16 Å². The van der Waals surface area contributed by atoms with Crippen LogP contribution in [0.3, 0.4) is 0 Å². The number of halogens is 1. The van der Waals surface area contributed by atoms with E-state index < -0.39 is 0 Å². The Morgan fingerprint density at radius 1 is 1.21 bits per heavy atom. The maximum Gasteiger partial charge on any atom is 0.157 e. The summed E-state index contributed by atoms with van der Waals surface area (Å²) in [6, 6.07) is 4.65. The summed E-state index contributed by atoms with van der Waals surface area (Å²) >= 11 is 0. The number of hydrazone groups is 1. The highest BCUT2D eigenvalue weighted by Crippen LogP contribution is 2.27. The predicted molar refractivity (Wildman–Crippen MR) is 91.7 cm³/mol. The van der Waals surface area contributed by atoms with Crippen LogP contribution in [0.2, 0.25) is 0 Å². The Morgan fingerprint density at radius 3 is 2.46 bits per heavy atom. The minimum Gasteiger partial charge on any atom is -0.382 e. The van der Waals surface area contributed by atoms with E-state index in [1.807, 2.05) is 18.7 Å². The summed E-state index contributed by atoms with van der Waals surface area (Å²) in [5, 5.41) is 7.46. The van der Waals surface area contributed by atoms with Crippen LogP contribution >= 0.6 is 0 Å². The number of aromatic nitrogens is 1. The molecule has 2 aromatic rings. The van der Waals surface area contributed by atoms with Crippen LogP contribution in [-0.2, 0) is 0 Å². The second-order valence-electron chi connectivity index (χ2n) is 5.83. The van der Waals surface area contributed by atoms with Crippen molar-refractivity contribution in [2.75, 3.05) is 36.0 Å². The van der Waals surface area contributed by atoms with E-state index in [4.69, 9.17) is 16.1 Å². The lowest BCUT2D eigenvalue weighted by atomic mass is 10.1. The zero-order chi connectivity index (χ0) is 17.3. The first-order chi connectivity index (χ1) is 11.5. The lowest BCUT2D eigenvalue weighted by molar-refractivity contribution is 0.393. The highest BCUT2D eigenvalue weighted by molar-refractivity contribution is 5.98. The van der Waals surface area contributed by atoms with Crippen molar-refractivity contribution in [3.8, 4) is 0 Å². The summed E-state index contributed by atoms with van der Waals surface area (Å²) in [5.41, 5.74) is 8.75. The molecular formula is C16H21FN6O. The molecule has 0 radical (unpaired) electrons. The van der Waals surface area contributed by atoms with Gasteiger partial charge in [0.15, 0.2) is 5.76 Å². The quantitative estimate of drug-likeness (QED) is 0.381. The third-order valence-electron chi connectivity index (χ3n) is 4.31. The average Bonchev–Trinajstić information content (AvgIpc) is 2.93. The fraction of sp³-hybridized carbons (Fsp3) is 0.375. The molecule has 1 aromatic heterocycles. The molecule has 8 heteroatoms. The number of rotatable bonds is 3. The Balaban J connectivity index is 1.78. The maximum absolute atomic E-state index is 14.2. The summed E-state index contributed by atoms with van der Waals surface area (Å²) in [4.78, 5) is 4.21. The molecule has 0 unspecified atom stereocenters. The van der Waals surface area contributed by atoms with Crippen LogP contribution in [0.15, 0.2) is 27.8 Å². The topological polar surface area (TPSA) is 96.9 Å². The second kappa shape index (κ2) is 6.38. The number of piperazine rings is 1. The molecule has 0 amide bonds. The van der Waals surface area contributed by atoms with Gasteiger partial charge < -0.3 is 25.9 Å². The number of nitrogens with zero attached hydrogens (tertiary/aromatic N) is 4. The van der Waals surface area contributed by atoms with Gasteiger partial charge in [-0.2, -0.15) is 5.10 Å². The largest absolute Gasteiger partial charge is 0.382 e. The van der Waals surface area contributed by atoms with E-state index in [-0.39, 0.29) is 11.7 Å². The molecule has 7 nitrogen and oxygen atoms in total. The molecule has 1 aromatic carbocycles. The van der Waals surface area contributed by atoms with Crippen molar-refractivity contribution in [3.63, 3.8) is 0 Å². The fourth-order valence-electron chi connectivity index (χ4n) is 3.09. The average molecular weight is 332 g/mol. The standard InChI is InChI=1S/C16H21FN6O/c1-10-15(11(2)24-21-10)23-7-5-22(6-8-23)14-9-12(16(18)20-19)3-4-13(14)17/h3-4,9H,5-8,19H2,1-2H3,(H2,18,20). The van der Waals surface area contributed by atoms with Gasteiger partial charge in [0.1, 0.15) is 23.0 Å². The van der Waals surface area contributed by atoms with E-state index in [9.17, 15) is 4.39 Å². The van der Waals surface area contributed by atoms with Crippen LogP contribution in [0, 0.1) is 19.7 Å². The molecule has 1 aliphatic rings. The number of hydrogen-bond acceptors (Lipinski definition) is 6. The number of hydrogen-bond donors (Lipinski definition) is 2. The van der Waals surface area contributed by atoms with Gasteiger partial charge in [-0.15, -0.1) is 0 Å². The fourth-order valence-corrected chi connectivity index (χ4v) is 3.09. The molecule has 1 fully saturated rings. The van der Waals surface area contributed by atoms with Crippen LogP contribution in [-0.4, -0.2) is 37.2 Å². The van der Waals surface area contributed by atoms with Gasteiger partial charge in [0.05, 0.1) is 5.69 Å². The Hall–Kier alpha value is -2.77. The summed E-state index contributed by atoms with van der Waals surface area (Å²) in [7, 11) is 0.